The van der Waals surface area contributed by atoms with Crippen LogP contribution >= 0.6 is 11.6 Å². The van der Waals surface area contributed by atoms with E-state index in [9.17, 15) is 13.6 Å². The number of nitrogens with zero attached hydrogens (tertiary/aromatic N) is 2. The molecule has 2 aliphatic rings. The molecule has 2 N–H and O–H groups in total. The zero-order valence-electron chi connectivity index (χ0n) is 17.4. The van der Waals surface area contributed by atoms with Crippen LogP contribution in [0.2, 0.25) is 5.02 Å². The summed E-state index contributed by atoms with van der Waals surface area (Å²) in [5, 5.41) is 0.285. The highest BCUT2D eigenvalue weighted by Crippen LogP contribution is 2.42. The standard InChI is InChI=1S/C23H24ClF2N3O2/c1-13-8-17(6-7-31-13)29-20(30)12-23(2,28-22(29)27)19-5-3-4-18(21(19)24)14-9-15(25)11-16(26)10-14/h3-5,9-11,13,17H,6-8,12H2,1-2H3,(H2,27,28)/t13-,17-,23-/m0/s1. The minimum atomic E-state index is -0.993. The van der Waals surface area contributed by atoms with Gasteiger partial charge in [-0.3, -0.25) is 9.69 Å². The van der Waals surface area contributed by atoms with Crippen LogP contribution in [0.1, 0.15) is 38.7 Å². The van der Waals surface area contributed by atoms with Crippen molar-refractivity contribution in [2.45, 2.75) is 50.8 Å². The Morgan fingerprint density at radius 3 is 2.61 bits per heavy atom. The summed E-state index contributed by atoms with van der Waals surface area (Å²) in [5.41, 5.74) is 6.62. The molecule has 0 aliphatic carbocycles. The van der Waals surface area contributed by atoms with Gasteiger partial charge in [0.1, 0.15) is 11.6 Å². The van der Waals surface area contributed by atoms with Crippen LogP contribution in [-0.2, 0) is 15.1 Å². The van der Waals surface area contributed by atoms with E-state index < -0.39 is 17.2 Å². The van der Waals surface area contributed by atoms with E-state index in [-0.39, 0.29) is 35.5 Å². The Labute approximate surface area is 184 Å². The second-order valence-corrected chi connectivity index (χ2v) is 8.75. The molecule has 0 radical (unpaired) electrons. The minimum Gasteiger partial charge on any atom is -0.378 e. The fourth-order valence-electron chi connectivity index (χ4n) is 4.49. The summed E-state index contributed by atoms with van der Waals surface area (Å²) >= 11 is 6.67. The van der Waals surface area contributed by atoms with E-state index in [2.05, 4.69) is 4.99 Å². The number of rotatable bonds is 3. The summed E-state index contributed by atoms with van der Waals surface area (Å²) in [6.45, 7) is 4.33. The van der Waals surface area contributed by atoms with Crippen LogP contribution < -0.4 is 5.73 Å². The highest BCUT2D eigenvalue weighted by atomic mass is 35.5. The molecule has 1 fully saturated rings. The molecule has 2 aromatic rings. The van der Waals surface area contributed by atoms with Gasteiger partial charge in [-0.15, -0.1) is 0 Å². The van der Waals surface area contributed by atoms with E-state index >= 15 is 0 Å². The lowest BCUT2D eigenvalue weighted by molar-refractivity contribution is -0.133. The van der Waals surface area contributed by atoms with Crippen molar-refractivity contribution in [3.8, 4) is 11.1 Å². The maximum atomic E-state index is 13.7. The van der Waals surface area contributed by atoms with Gasteiger partial charge in [-0.1, -0.05) is 29.8 Å². The van der Waals surface area contributed by atoms with Crippen molar-refractivity contribution in [1.29, 1.82) is 0 Å². The van der Waals surface area contributed by atoms with Crippen LogP contribution in [0.15, 0.2) is 41.4 Å². The minimum absolute atomic E-state index is 0.0467. The number of guanidine groups is 1. The summed E-state index contributed by atoms with van der Waals surface area (Å²) in [5.74, 6) is -1.37. The summed E-state index contributed by atoms with van der Waals surface area (Å²) < 4.78 is 33.1. The number of aliphatic imine (C=N–C) groups is 1. The Bertz CT molecular complexity index is 1040. The molecular weight excluding hydrogens is 424 g/mol. The predicted octanol–water partition coefficient (Wildman–Crippen LogP) is 4.61. The van der Waals surface area contributed by atoms with Crippen LogP contribution in [0.5, 0.6) is 0 Å². The van der Waals surface area contributed by atoms with E-state index in [4.69, 9.17) is 22.1 Å². The monoisotopic (exact) mass is 447 g/mol. The number of hydrogen-bond donors (Lipinski definition) is 1. The van der Waals surface area contributed by atoms with Crippen LogP contribution in [0, 0.1) is 11.6 Å². The lowest BCUT2D eigenvalue weighted by Crippen LogP contribution is -2.56. The van der Waals surface area contributed by atoms with E-state index in [0.717, 1.165) is 6.07 Å². The number of halogens is 3. The van der Waals surface area contributed by atoms with E-state index in [1.807, 2.05) is 6.92 Å². The topological polar surface area (TPSA) is 67.9 Å². The van der Waals surface area contributed by atoms with Gasteiger partial charge in [-0.05, 0) is 49.9 Å². The fraction of sp³-hybridized carbons (Fsp3) is 0.391. The zero-order chi connectivity index (χ0) is 22.3. The van der Waals surface area contributed by atoms with E-state index in [0.29, 0.717) is 36.1 Å². The summed E-state index contributed by atoms with van der Waals surface area (Å²) in [6.07, 6.45) is 1.52. The molecule has 1 saturated heterocycles. The molecule has 2 aromatic carbocycles. The highest BCUT2D eigenvalue weighted by Gasteiger charge is 2.42. The van der Waals surface area contributed by atoms with Crippen molar-refractivity contribution in [3.63, 3.8) is 0 Å². The maximum Gasteiger partial charge on any atom is 0.232 e. The quantitative estimate of drug-likeness (QED) is 0.746. The summed E-state index contributed by atoms with van der Waals surface area (Å²) in [6, 6.07) is 8.35. The molecule has 2 heterocycles. The first-order valence-electron chi connectivity index (χ1n) is 10.2. The number of carbonyl (C=O) groups excluding carboxylic acids is 1. The van der Waals surface area contributed by atoms with E-state index in [1.165, 1.54) is 12.1 Å². The molecule has 3 atom stereocenters. The van der Waals surface area contributed by atoms with Gasteiger partial charge in [0, 0.05) is 24.3 Å². The van der Waals surface area contributed by atoms with Gasteiger partial charge in [-0.2, -0.15) is 0 Å². The average molecular weight is 448 g/mol. The van der Waals surface area contributed by atoms with Crippen molar-refractivity contribution in [3.05, 3.63) is 58.6 Å². The van der Waals surface area contributed by atoms with Crippen LogP contribution in [0.3, 0.4) is 0 Å². The first-order chi connectivity index (χ1) is 14.7. The second kappa shape index (κ2) is 8.20. The molecule has 0 spiro atoms. The Morgan fingerprint density at radius 2 is 1.97 bits per heavy atom. The maximum absolute atomic E-state index is 13.7. The average Bonchev–Trinajstić information content (AvgIpc) is 2.66. The molecule has 8 heteroatoms. The van der Waals surface area contributed by atoms with Crippen molar-refractivity contribution in [1.82, 2.24) is 4.90 Å². The lowest BCUT2D eigenvalue weighted by atomic mass is 9.85. The predicted molar refractivity (Wildman–Crippen MR) is 116 cm³/mol. The Balaban J connectivity index is 1.72. The molecule has 31 heavy (non-hydrogen) atoms. The van der Waals surface area contributed by atoms with Gasteiger partial charge in [0.2, 0.25) is 5.91 Å². The number of hydrogen-bond acceptors (Lipinski definition) is 4. The lowest BCUT2D eigenvalue weighted by Gasteiger charge is -2.41. The third-order valence-corrected chi connectivity index (χ3v) is 6.35. The number of ether oxygens (including phenoxy) is 1. The first kappa shape index (κ1) is 21.7. The van der Waals surface area contributed by atoms with Crippen molar-refractivity contribution in [2.24, 2.45) is 10.7 Å². The molecule has 0 unspecified atom stereocenters. The summed E-state index contributed by atoms with van der Waals surface area (Å²) in [7, 11) is 0. The van der Waals surface area contributed by atoms with Crippen molar-refractivity contribution < 1.29 is 18.3 Å². The third kappa shape index (κ3) is 4.16. The number of amides is 1. The smallest absolute Gasteiger partial charge is 0.232 e. The molecule has 0 saturated carbocycles. The molecule has 0 aromatic heterocycles. The van der Waals surface area contributed by atoms with Gasteiger partial charge in [-0.25, -0.2) is 13.8 Å². The Hall–Kier alpha value is -2.51. The van der Waals surface area contributed by atoms with Crippen LogP contribution in [0.25, 0.3) is 11.1 Å². The third-order valence-electron chi connectivity index (χ3n) is 5.95. The highest BCUT2D eigenvalue weighted by molar-refractivity contribution is 6.34. The molecular formula is C23H24ClF2N3O2. The molecule has 5 nitrogen and oxygen atoms in total. The largest absolute Gasteiger partial charge is 0.378 e. The van der Waals surface area contributed by atoms with Gasteiger partial charge in [0.25, 0.3) is 0 Å². The normalized spacial score (nSPS) is 26.7. The van der Waals surface area contributed by atoms with Crippen molar-refractivity contribution in [2.75, 3.05) is 6.61 Å². The number of carbonyl (C=O) groups is 1. The number of benzene rings is 2. The fourth-order valence-corrected chi connectivity index (χ4v) is 4.93. The van der Waals surface area contributed by atoms with Gasteiger partial charge in [0.15, 0.2) is 5.96 Å². The molecule has 1 amide bonds. The first-order valence-corrected chi connectivity index (χ1v) is 10.6. The second-order valence-electron chi connectivity index (χ2n) is 8.37. The molecule has 2 aliphatic heterocycles. The Kier molecular flexibility index (Phi) is 5.75. The van der Waals surface area contributed by atoms with Crippen LogP contribution in [-0.4, -0.2) is 35.5 Å². The van der Waals surface area contributed by atoms with Crippen molar-refractivity contribution >= 4 is 23.5 Å². The van der Waals surface area contributed by atoms with Gasteiger partial charge in [0.05, 0.1) is 23.1 Å². The molecule has 0 bridgehead atoms. The Morgan fingerprint density at radius 1 is 1.26 bits per heavy atom. The zero-order valence-corrected chi connectivity index (χ0v) is 18.1. The van der Waals surface area contributed by atoms with Gasteiger partial charge >= 0.3 is 0 Å². The summed E-state index contributed by atoms with van der Waals surface area (Å²) in [4.78, 5) is 19.4. The number of nitrogens with two attached hydrogens (primary N) is 1. The van der Waals surface area contributed by atoms with Gasteiger partial charge < -0.3 is 10.5 Å². The molecule has 164 valence electrons. The van der Waals surface area contributed by atoms with Crippen LogP contribution in [0.4, 0.5) is 8.78 Å². The SMILES string of the molecule is C[C@H]1C[C@@H](N2C(=O)C[C@@](C)(c3cccc(-c4cc(F)cc(F)c4)c3Cl)N=C2N)CCO1. The van der Waals surface area contributed by atoms with E-state index in [1.54, 1.807) is 30.0 Å². The molecule has 4 rings (SSSR count).